The molecule has 2 rings (SSSR count). The Balaban J connectivity index is 2.15. The van der Waals surface area contributed by atoms with Crippen LogP contribution in [0.1, 0.15) is 47.0 Å². The van der Waals surface area contributed by atoms with Crippen LogP contribution >= 0.6 is 0 Å². The standard InChI is InChI=1S/C23H41NO9/c1-12-10-23(31-7,33-14(3)13(12)2)19(28)20(29)24-21(30-6)16-9-17(27)22(4,5)18(32-16)8-15(26)11-25/h13-19,21,25-28H,1,8-11H2,2-7H3,(H,24,29). The smallest absolute Gasteiger partial charge is 0.256 e. The molecule has 0 aromatic carbocycles. The van der Waals surface area contributed by atoms with Crippen LogP contribution in [0.4, 0.5) is 0 Å². The molecule has 2 aliphatic rings. The zero-order valence-electron chi connectivity index (χ0n) is 20.5. The third-order valence-electron chi connectivity index (χ3n) is 7.27. The summed E-state index contributed by atoms with van der Waals surface area (Å²) in [7, 11) is 2.74. The lowest BCUT2D eigenvalue weighted by Crippen LogP contribution is -2.62. The number of amides is 1. The van der Waals surface area contributed by atoms with E-state index in [0.29, 0.717) is 0 Å². The molecular formula is C23H41NO9. The van der Waals surface area contributed by atoms with Gasteiger partial charge in [-0.15, -0.1) is 0 Å². The zero-order chi connectivity index (χ0) is 25.1. The Morgan fingerprint density at radius 3 is 2.45 bits per heavy atom. The maximum atomic E-state index is 13.0. The van der Waals surface area contributed by atoms with Crippen LogP contribution in [0, 0.1) is 11.3 Å². The highest BCUT2D eigenvalue weighted by Gasteiger charge is 2.51. The summed E-state index contributed by atoms with van der Waals surface area (Å²) in [5, 5.41) is 43.4. The van der Waals surface area contributed by atoms with Crippen LogP contribution in [0.2, 0.25) is 0 Å². The lowest BCUT2D eigenvalue weighted by atomic mass is 9.74. The molecule has 5 N–H and O–H groups in total. The van der Waals surface area contributed by atoms with Gasteiger partial charge >= 0.3 is 0 Å². The number of carbonyl (C=O) groups is 1. The summed E-state index contributed by atoms with van der Waals surface area (Å²) in [5.41, 5.74) is 0.106. The average Bonchev–Trinajstić information content (AvgIpc) is 2.77. The molecule has 2 saturated heterocycles. The predicted octanol–water partition coefficient (Wildman–Crippen LogP) is 0.0677. The van der Waals surface area contributed by atoms with Crippen molar-refractivity contribution in [3.05, 3.63) is 12.2 Å². The molecule has 0 aliphatic carbocycles. The van der Waals surface area contributed by atoms with Gasteiger partial charge in [-0.25, -0.2) is 0 Å². The molecule has 0 aromatic rings. The van der Waals surface area contributed by atoms with E-state index >= 15 is 0 Å². The first kappa shape index (κ1) is 28.1. The van der Waals surface area contributed by atoms with Crippen molar-refractivity contribution in [2.24, 2.45) is 11.3 Å². The summed E-state index contributed by atoms with van der Waals surface area (Å²) in [6, 6.07) is 0. The fourth-order valence-corrected chi connectivity index (χ4v) is 4.44. The van der Waals surface area contributed by atoms with Crippen molar-refractivity contribution in [2.45, 2.75) is 95.6 Å². The van der Waals surface area contributed by atoms with Crippen molar-refractivity contribution >= 4 is 5.91 Å². The van der Waals surface area contributed by atoms with Gasteiger partial charge in [-0.1, -0.05) is 32.9 Å². The van der Waals surface area contributed by atoms with Crippen molar-refractivity contribution < 1.29 is 44.2 Å². The molecule has 192 valence electrons. The van der Waals surface area contributed by atoms with E-state index in [2.05, 4.69) is 11.9 Å². The highest BCUT2D eigenvalue weighted by molar-refractivity contribution is 5.82. The summed E-state index contributed by atoms with van der Waals surface area (Å²) < 4.78 is 22.9. The second-order valence-corrected chi connectivity index (χ2v) is 9.84. The van der Waals surface area contributed by atoms with Crippen molar-refractivity contribution in [1.29, 1.82) is 0 Å². The molecule has 0 saturated carbocycles. The third-order valence-corrected chi connectivity index (χ3v) is 7.27. The minimum atomic E-state index is -1.68. The second kappa shape index (κ2) is 11.1. The fourth-order valence-electron chi connectivity index (χ4n) is 4.44. The topological polar surface area (TPSA) is 147 Å². The lowest BCUT2D eigenvalue weighted by molar-refractivity contribution is -0.298. The van der Waals surface area contributed by atoms with Gasteiger partial charge < -0.3 is 44.7 Å². The van der Waals surface area contributed by atoms with Crippen LogP contribution in [-0.4, -0.2) is 95.8 Å². The molecule has 2 heterocycles. The number of carbonyl (C=O) groups excluding carboxylic acids is 1. The summed E-state index contributed by atoms with van der Waals surface area (Å²) in [4.78, 5) is 13.0. The minimum Gasteiger partial charge on any atom is -0.394 e. The van der Waals surface area contributed by atoms with Crippen LogP contribution in [0.5, 0.6) is 0 Å². The Labute approximate surface area is 195 Å². The van der Waals surface area contributed by atoms with E-state index in [9.17, 15) is 25.2 Å². The van der Waals surface area contributed by atoms with Crippen molar-refractivity contribution in [3.63, 3.8) is 0 Å². The quantitative estimate of drug-likeness (QED) is 0.231. The van der Waals surface area contributed by atoms with Gasteiger partial charge in [0.05, 0.1) is 31.0 Å². The van der Waals surface area contributed by atoms with E-state index in [0.717, 1.165) is 5.57 Å². The number of aliphatic hydroxyl groups is 4. The SMILES string of the molecule is C=C1CC(OC)(C(O)C(=O)NC(OC)C2CC(O)C(C)(C)C(CC(O)CO)O2)OC(C)C1C. The van der Waals surface area contributed by atoms with Crippen LogP contribution in [-0.2, 0) is 23.7 Å². The summed E-state index contributed by atoms with van der Waals surface area (Å²) >= 11 is 0. The average molecular weight is 476 g/mol. The van der Waals surface area contributed by atoms with Crippen LogP contribution in [0.3, 0.4) is 0 Å². The van der Waals surface area contributed by atoms with Crippen molar-refractivity contribution in [1.82, 2.24) is 5.32 Å². The van der Waals surface area contributed by atoms with E-state index < -0.39 is 60.5 Å². The van der Waals surface area contributed by atoms with E-state index in [-0.39, 0.29) is 31.3 Å². The molecule has 0 spiro atoms. The Morgan fingerprint density at radius 2 is 1.94 bits per heavy atom. The number of nitrogens with one attached hydrogen (secondary N) is 1. The Kier molecular flexibility index (Phi) is 9.45. The van der Waals surface area contributed by atoms with E-state index in [1.807, 2.05) is 27.7 Å². The maximum absolute atomic E-state index is 13.0. The summed E-state index contributed by atoms with van der Waals surface area (Å²) in [6.07, 6.45) is -5.78. The maximum Gasteiger partial charge on any atom is 0.256 e. The molecular weight excluding hydrogens is 434 g/mol. The molecule has 1 amide bonds. The second-order valence-electron chi connectivity index (χ2n) is 9.84. The minimum absolute atomic E-state index is 0.0435. The van der Waals surface area contributed by atoms with E-state index in [1.165, 1.54) is 14.2 Å². The zero-order valence-corrected chi connectivity index (χ0v) is 20.5. The molecule has 9 atom stereocenters. The van der Waals surface area contributed by atoms with Gasteiger partial charge in [0.25, 0.3) is 5.91 Å². The normalized spacial score (nSPS) is 37.3. The van der Waals surface area contributed by atoms with E-state index in [1.54, 1.807) is 0 Å². The van der Waals surface area contributed by atoms with Gasteiger partial charge in [0.15, 0.2) is 12.3 Å². The van der Waals surface area contributed by atoms with E-state index in [4.69, 9.17) is 18.9 Å². The van der Waals surface area contributed by atoms with Crippen LogP contribution in [0.15, 0.2) is 12.2 Å². The molecule has 9 unspecified atom stereocenters. The number of hydrogen-bond acceptors (Lipinski definition) is 9. The number of methoxy groups -OCH3 is 2. The van der Waals surface area contributed by atoms with Crippen LogP contribution in [0.25, 0.3) is 0 Å². The molecule has 2 fully saturated rings. The van der Waals surface area contributed by atoms with Crippen molar-refractivity contribution in [3.8, 4) is 0 Å². The lowest BCUT2D eigenvalue weighted by Gasteiger charge is -2.48. The number of aliphatic hydroxyl groups excluding tert-OH is 4. The number of rotatable bonds is 9. The summed E-state index contributed by atoms with van der Waals surface area (Å²) in [6.45, 7) is 11.0. The van der Waals surface area contributed by atoms with Gasteiger partial charge in [0, 0.05) is 44.8 Å². The predicted molar refractivity (Wildman–Crippen MR) is 119 cm³/mol. The molecule has 33 heavy (non-hydrogen) atoms. The molecule has 10 heteroatoms. The first-order chi connectivity index (χ1) is 15.3. The molecule has 0 aromatic heterocycles. The van der Waals surface area contributed by atoms with Crippen LogP contribution < -0.4 is 5.32 Å². The summed E-state index contributed by atoms with van der Waals surface area (Å²) in [5.74, 6) is -2.33. The van der Waals surface area contributed by atoms with Gasteiger partial charge in [0.1, 0.15) is 6.10 Å². The molecule has 10 nitrogen and oxygen atoms in total. The largest absolute Gasteiger partial charge is 0.394 e. The van der Waals surface area contributed by atoms with Gasteiger partial charge in [0.2, 0.25) is 5.79 Å². The molecule has 2 aliphatic heterocycles. The number of hydrogen-bond donors (Lipinski definition) is 5. The first-order valence-corrected chi connectivity index (χ1v) is 11.4. The Bertz CT molecular complexity index is 687. The fraction of sp³-hybridized carbons (Fsp3) is 0.870. The number of ether oxygens (including phenoxy) is 4. The highest BCUT2D eigenvalue weighted by atomic mass is 16.7. The highest BCUT2D eigenvalue weighted by Crippen LogP contribution is 2.40. The first-order valence-electron chi connectivity index (χ1n) is 11.4. The Hall–Kier alpha value is -1.11. The monoisotopic (exact) mass is 475 g/mol. The molecule has 0 bridgehead atoms. The van der Waals surface area contributed by atoms with Gasteiger partial charge in [-0.05, 0) is 6.92 Å². The van der Waals surface area contributed by atoms with Gasteiger partial charge in [-0.2, -0.15) is 0 Å². The molecule has 0 radical (unpaired) electrons. The van der Waals surface area contributed by atoms with Gasteiger partial charge in [-0.3, -0.25) is 4.79 Å². The third kappa shape index (κ3) is 5.94. The van der Waals surface area contributed by atoms with Crippen molar-refractivity contribution in [2.75, 3.05) is 20.8 Å². The Morgan fingerprint density at radius 1 is 1.30 bits per heavy atom.